The Bertz CT molecular complexity index is 1810. The van der Waals surface area contributed by atoms with Crippen LogP contribution in [-0.4, -0.2) is 55.1 Å². The lowest BCUT2D eigenvalue weighted by Gasteiger charge is -2.37. The topological polar surface area (TPSA) is 76.3 Å². The summed E-state index contributed by atoms with van der Waals surface area (Å²) >= 11 is 6.31. The van der Waals surface area contributed by atoms with Crippen LogP contribution in [0, 0.1) is 23.5 Å². The Morgan fingerprint density at radius 3 is 1.44 bits per heavy atom. The van der Waals surface area contributed by atoms with Crippen molar-refractivity contribution in [2.45, 2.75) is 91.1 Å². The lowest BCUT2D eigenvalue weighted by atomic mass is 9.97. The van der Waals surface area contributed by atoms with E-state index in [0.717, 1.165) is 63.5 Å². The molecule has 0 bridgehead atoms. The number of hydrogen-bond acceptors (Lipinski definition) is 6. The molecule has 0 amide bonds. The zero-order valence-corrected chi connectivity index (χ0v) is 33.3. The lowest BCUT2D eigenvalue weighted by molar-refractivity contribution is 0.115. The van der Waals surface area contributed by atoms with Gasteiger partial charge in [0, 0.05) is 39.3 Å². The third-order valence-electron chi connectivity index (χ3n) is 10.3. The van der Waals surface area contributed by atoms with E-state index in [2.05, 4.69) is 69.4 Å². The van der Waals surface area contributed by atoms with Crippen LogP contribution >= 0.6 is 31.9 Å². The number of aromatic nitrogens is 4. The molecule has 0 aliphatic carbocycles. The predicted octanol–water partition coefficient (Wildman–Crippen LogP) is 8.82. The first kappa shape index (κ1) is 38.7. The van der Waals surface area contributed by atoms with Crippen molar-refractivity contribution in [3.05, 3.63) is 77.2 Å². The summed E-state index contributed by atoms with van der Waals surface area (Å²) in [5.41, 5.74) is 0.633. The number of hydrogen-bond donors (Lipinski definition) is 0. The van der Waals surface area contributed by atoms with Crippen molar-refractivity contribution < 1.29 is 8.78 Å². The van der Waals surface area contributed by atoms with Crippen molar-refractivity contribution in [3.8, 4) is 0 Å². The maximum atomic E-state index is 14.0. The molecule has 4 atom stereocenters. The minimum atomic E-state index is -0.391. The fourth-order valence-electron chi connectivity index (χ4n) is 7.68. The number of nitrogens with zero attached hydrogens (tertiary/aromatic N) is 6. The molecule has 2 saturated heterocycles. The number of fused-ring (bicyclic) bond motifs is 2. The van der Waals surface area contributed by atoms with Gasteiger partial charge in [0.25, 0.3) is 11.1 Å². The molecule has 2 aliphatic rings. The average molecular weight is 821 g/mol. The predicted molar refractivity (Wildman–Crippen MR) is 205 cm³/mol. The summed E-state index contributed by atoms with van der Waals surface area (Å²) in [7, 11) is 3.55. The highest BCUT2D eigenvalue weighted by molar-refractivity contribution is 9.10. The van der Waals surface area contributed by atoms with E-state index >= 15 is 0 Å². The third-order valence-corrected chi connectivity index (χ3v) is 11.5. The van der Waals surface area contributed by atoms with Crippen molar-refractivity contribution in [1.82, 2.24) is 28.9 Å². The van der Waals surface area contributed by atoms with Crippen molar-refractivity contribution in [2.24, 2.45) is 25.9 Å². The molecule has 0 spiro atoms. The van der Waals surface area contributed by atoms with Crippen LogP contribution in [0.2, 0.25) is 0 Å². The molecule has 0 N–H and O–H groups in total. The Labute approximate surface area is 310 Å². The van der Waals surface area contributed by atoms with E-state index in [0.29, 0.717) is 42.6 Å². The summed E-state index contributed by atoms with van der Waals surface area (Å²) in [6.45, 7) is 12.9. The monoisotopic (exact) mass is 818 g/mol. The molecule has 272 valence electrons. The molecule has 8 nitrogen and oxygen atoms in total. The van der Waals surface area contributed by atoms with Crippen LogP contribution in [0.4, 0.5) is 8.78 Å². The van der Waals surface area contributed by atoms with E-state index < -0.39 is 11.6 Å². The van der Waals surface area contributed by atoms with Gasteiger partial charge in [-0.1, -0.05) is 40.5 Å². The van der Waals surface area contributed by atoms with Crippen LogP contribution in [0.5, 0.6) is 0 Å². The fraction of sp³-hybridized carbons (Fsp3) is 0.579. The molecule has 50 heavy (non-hydrogen) atoms. The van der Waals surface area contributed by atoms with Gasteiger partial charge in [0.05, 0.1) is 42.8 Å². The summed E-state index contributed by atoms with van der Waals surface area (Å²) in [4.78, 5) is 40.0. The van der Waals surface area contributed by atoms with Crippen molar-refractivity contribution in [3.63, 3.8) is 0 Å². The molecule has 12 heteroatoms. The van der Waals surface area contributed by atoms with Crippen molar-refractivity contribution in [1.29, 1.82) is 0 Å². The van der Waals surface area contributed by atoms with Gasteiger partial charge in [0.2, 0.25) is 0 Å². The second kappa shape index (κ2) is 16.9. The van der Waals surface area contributed by atoms with Crippen LogP contribution in [0.25, 0.3) is 21.8 Å². The van der Waals surface area contributed by atoms with Gasteiger partial charge in [0.15, 0.2) is 0 Å². The molecule has 2 aromatic carbocycles. The summed E-state index contributed by atoms with van der Waals surface area (Å²) < 4.78 is 31.8. The Hall–Kier alpha value is -2.54. The normalized spacial score (nSPS) is 20.1. The van der Waals surface area contributed by atoms with Crippen LogP contribution in [0.15, 0.2) is 42.8 Å². The van der Waals surface area contributed by atoms with Gasteiger partial charge in [-0.25, -0.2) is 18.7 Å². The average Bonchev–Trinajstić information content (AvgIpc) is 3.08. The molecular weight excluding hydrogens is 770 g/mol. The number of piperidine rings is 2. The minimum Gasteiger partial charge on any atom is -0.298 e. The van der Waals surface area contributed by atoms with Gasteiger partial charge in [-0.3, -0.25) is 28.5 Å². The first-order chi connectivity index (χ1) is 23.8. The van der Waals surface area contributed by atoms with Crippen molar-refractivity contribution >= 4 is 53.7 Å². The Kier molecular flexibility index (Phi) is 13.0. The van der Waals surface area contributed by atoms with Gasteiger partial charge < -0.3 is 0 Å². The molecule has 2 aliphatic heterocycles. The van der Waals surface area contributed by atoms with Crippen LogP contribution in [0.3, 0.4) is 0 Å². The van der Waals surface area contributed by atoms with Gasteiger partial charge in [0.1, 0.15) is 23.3 Å². The van der Waals surface area contributed by atoms with E-state index in [1.807, 2.05) is 0 Å². The SMILES string of the molecule is CCC[C@@H](c1nc2cc(F)c(Br)cc2c(=O)n1C)N1CCC[C@@H](C)C1.CCC[C@H](c1nc2cc(F)c(Br)cc2c(=O)n1C)N1CCC[C@@H](C)C1. The number of rotatable bonds is 8. The number of halogens is 4. The highest BCUT2D eigenvalue weighted by Crippen LogP contribution is 2.32. The first-order valence-corrected chi connectivity index (χ1v) is 19.6. The smallest absolute Gasteiger partial charge is 0.261 e. The highest BCUT2D eigenvalue weighted by atomic mass is 79.9. The van der Waals surface area contributed by atoms with Crippen LogP contribution < -0.4 is 11.1 Å². The summed E-state index contributed by atoms with van der Waals surface area (Å²) in [6.07, 6.45) is 8.75. The Balaban J connectivity index is 0.000000194. The van der Waals surface area contributed by atoms with Gasteiger partial charge >= 0.3 is 0 Å². The van der Waals surface area contributed by atoms with E-state index in [1.165, 1.54) is 49.9 Å². The van der Waals surface area contributed by atoms with E-state index in [4.69, 9.17) is 9.97 Å². The molecule has 0 radical (unpaired) electrons. The Morgan fingerprint density at radius 1 is 0.720 bits per heavy atom. The molecule has 4 heterocycles. The molecule has 4 aromatic rings. The molecule has 0 saturated carbocycles. The minimum absolute atomic E-state index is 0.0987. The molecule has 2 fully saturated rings. The summed E-state index contributed by atoms with van der Waals surface area (Å²) in [5.74, 6) is 2.01. The maximum Gasteiger partial charge on any atom is 0.261 e. The second-order valence-corrected chi connectivity index (χ2v) is 16.0. The standard InChI is InChI=1S/2C19H25BrFN3O/c2*1-4-6-17(24-8-5-7-12(2)11-24)18-22-16-10-15(21)14(20)9-13(16)19(25)23(18)3/h2*9-10,12,17H,4-8,11H2,1-3H3/t12-,17+;12-,17-/m11/s1. The molecule has 0 unspecified atom stereocenters. The highest BCUT2D eigenvalue weighted by Gasteiger charge is 2.29. The molecular formula is C38H50Br2F2N6O2. The largest absolute Gasteiger partial charge is 0.298 e. The van der Waals surface area contributed by atoms with Crippen LogP contribution in [0.1, 0.15) is 103 Å². The zero-order chi connectivity index (χ0) is 36.3. The van der Waals surface area contributed by atoms with Gasteiger partial charge in [-0.2, -0.15) is 0 Å². The number of benzene rings is 2. The first-order valence-electron chi connectivity index (χ1n) is 18.0. The molecule has 2 aromatic heterocycles. The Morgan fingerprint density at radius 2 is 1.10 bits per heavy atom. The maximum absolute atomic E-state index is 14.0. The number of likely N-dealkylation sites (tertiary alicyclic amines) is 2. The fourth-order valence-corrected chi connectivity index (χ4v) is 8.36. The van der Waals surface area contributed by atoms with Crippen molar-refractivity contribution in [2.75, 3.05) is 26.2 Å². The van der Waals surface area contributed by atoms with Gasteiger partial charge in [-0.15, -0.1) is 0 Å². The second-order valence-electron chi connectivity index (χ2n) is 14.3. The van der Waals surface area contributed by atoms with E-state index in [9.17, 15) is 18.4 Å². The lowest BCUT2D eigenvalue weighted by Crippen LogP contribution is -2.40. The van der Waals surface area contributed by atoms with Crippen LogP contribution in [-0.2, 0) is 14.1 Å². The van der Waals surface area contributed by atoms with E-state index in [1.54, 1.807) is 23.2 Å². The zero-order valence-electron chi connectivity index (χ0n) is 30.1. The molecule has 6 rings (SSSR count). The summed E-state index contributed by atoms with van der Waals surface area (Å²) in [6, 6.07) is 5.96. The summed E-state index contributed by atoms with van der Waals surface area (Å²) in [5, 5.41) is 0.892. The quantitative estimate of drug-likeness (QED) is 0.177. The third kappa shape index (κ3) is 8.40. The van der Waals surface area contributed by atoms with Gasteiger partial charge in [-0.05, 0) is 107 Å². The van der Waals surface area contributed by atoms with E-state index in [-0.39, 0.29) is 23.2 Å².